The molecule has 0 saturated carbocycles. The van der Waals surface area contributed by atoms with Crippen molar-refractivity contribution in [2.24, 2.45) is 0 Å². The van der Waals surface area contributed by atoms with E-state index < -0.39 is 11.2 Å². The van der Waals surface area contributed by atoms with Crippen LogP contribution in [0.15, 0.2) is 39.9 Å². The average Bonchev–Trinajstić information content (AvgIpc) is 3.26. The van der Waals surface area contributed by atoms with Gasteiger partial charge in [-0.2, -0.15) is 0 Å². The molecule has 0 spiro atoms. The third kappa shape index (κ3) is 5.56. The Bertz CT molecular complexity index is 1120. The quantitative estimate of drug-likeness (QED) is 0.563. The SMILES string of the molecule is CCCCn1c(N)c(N(Cc2ccccc2)C(=O)CN2CCCC2C(=O)N(C)C)c(=O)[nH]c1=O. The lowest BCUT2D eigenvalue weighted by molar-refractivity contribution is -0.134. The van der Waals surface area contributed by atoms with Gasteiger partial charge in [-0.15, -0.1) is 0 Å². The molecule has 0 aliphatic carbocycles. The van der Waals surface area contributed by atoms with Gasteiger partial charge in [0, 0.05) is 20.6 Å². The van der Waals surface area contributed by atoms with Crippen molar-refractivity contribution in [1.29, 1.82) is 0 Å². The fraction of sp³-hybridized carbons (Fsp3) is 0.500. The summed E-state index contributed by atoms with van der Waals surface area (Å²) in [4.78, 5) is 58.6. The van der Waals surface area contributed by atoms with E-state index in [0.29, 0.717) is 25.9 Å². The monoisotopic (exact) mass is 470 g/mol. The summed E-state index contributed by atoms with van der Waals surface area (Å²) in [6, 6.07) is 8.88. The molecule has 10 nitrogen and oxygen atoms in total. The number of aromatic amines is 1. The van der Waals surface area contributed by atoms with Crippen molar-refractivity contribution in [3.63, 3.8) is 0 Å². The highest BCUT2D eigenvalue weighted by Gasteiger charge is 2.35. The van der Waals surface area contributed by atoms with Crippen LogP contribution in [0.1, 0.15) is 38.2 Å². The van der Waals surface area contributed by atoms with Crippen molar-refractivity contribution in [3.8, 4) is 0 Å². The highest BCUT2D eigenvalue weighted by molar-refractivity contribution is 5.97. The number of nitrogen functional groups attached to an aromatic ring is 1. The number of hydrogen-bond donors (Lipinski definition) is 2. The molecule has 0 radical (unpaired) electrons. The van der Waals surface area contributed by atoms with Crippen molar-refractivity contribution in [3.05, 3.63) is 56.7 Å². The average molecular weight is 471 g/mol. The number of likely N-dealkylation sites (tertiary alicyclic amines) is 1. The molecule has 1 aliphatic rings. The molecular weight excluding hydrogens is 436 g/mol. The summed E-state index contributed by atoms with van der Waals surface area (Å²) in [5, 5.41) is 0. The Morgan fingerprint density at radius 1 is 1.18 bits per heavy atom. The Morgan fingerprint density at radius 2 is 1.88 bits per heavy atom. The molecule has 1 atom stereocenters. The molecule has 3 N–H and O–H groups in total. The molecule has 1 aliphatic heterocycles. The lowest BCUT2D eigenvalue weighted by Gasteiger charge is -2.29. The number of unbranched alkanes of at least 4 members (excludes halogenated alkanes) is 1. The van der Waals surface area contributed by atoms with Crippen LogP contribution in [0, 0.1) is 0 Å². The Labute approximate surface area is 199 Å². The van der Waals surface area contributed by atoms with Crippen LogP contribution in [0.3, 0.4) is 0 Å². The first kappa shape index (κ1) is 25.2. The summed E-state index contributed by atoms with van der Waals surface area (Å²) in [6.07, 6.45) is 3.02. The number of H-pyrrole nitrogens is 1. The van der Waals surface area contributed by atoms with Gasteiger partial charge in [0.25, 0.3) is 5.56 Å². The van der Waals surface area contributed by atoms with Gasteiger partial charge in [-0.05, 0) is 31.4 Å². The van der Waals surface area contributed by atoms with Crippen LogP contribution in [-0.2, 0) is 22.7 Å². The van der Waals surface area contributed by atoms with E-state index in [1.54, 1.807) is 14.1 Å². The van der Waals surface area contributed by atoms with E-state index in [-0.39, 0.29) is 42.5 Å². The van der Waals surface area contributed by atoms with Crippen LogP contribution in [0.5, 0.6) is 0 Å². The van der Waals surface area contributed by atoms with Gasteiger partial charge >= 0.3 is 5.69 Å². The van der Waals surface area contributed by atoms with E-state index in [1.807, 2.05) is 42.2 Å². The van der Waals surface area contributed by atoms with Gasteiger partial charge in [0.05, 0.1) is 19.1 Å². The number of nitrogens with two attached hydrogens (primary N) is 1. The predicted octanol–water partition coefficient (Wildman–Crippen LogP) is 1.00. The normalized spacial score (nSPS) is 15.9. The topological polar surface area (TPSA) is 125 Å². The van der Waals surface area contributed by atoms with Gasteiger partial charge in [0.2, 0.25) is 11.8 Å². The van der Waals surface area contributed by atoms with Crippen LogP contribution in [-0.4, -0.2) is 64.4 Å². The summed E-state index contributed by atoms with van der Waals surface area (Å²) < 4.78 is 1.31. The number of nitrogens with one attached hydrogen (secondary N) is 1. The van der Waals surface area contributed by atoms with E-state index in [0.717, 1.165) is 18.4 Å². The van der Waals surface area contributed by atoms with Gasteiger partial charge in [-0.3, -0.25) is 33.7 Å². The maximum atomic E-state index is 13.6. The van der Waals surface area contributed by atoms with Crippen molar-refractivity contribution >= 4 is 23.3 Å². The molecule has 1 unspecified atom stereocenters. The molecule has 2 heterocycles. The standard InChI is InChI=1S/C24H34N6O4/c1-4-5-14-29-21(25)20(22(32)26-24(29)34)30(15-17-10-7-6-8-11-17)19(31)16-28-13-9-12-18(28)23(33)27(2)3/h6-8,10-11,18H,4-5,9,12-16,25H2,1-3H3,(H,26,32,34). The fourth-order valence-electron chi connectivity index (χ4n) is 4.29. The first-order valence-corrected chi connectivity index (χ1v) is 11.7. The number of aromatic nitrogens is 2. The Kier molecular flexibility index (Phi) is 8.27. The summed E-state index contributed by atoms with van der Waals surface area (Å²) in [7, 11) is 3.39. The van der Waals surface area contributed by atoms with Crippen molar-refractivity contribution in [2.75, 3.05) is 37.8 Å². The Balaban J connectivity index is 2.00. The van der Waals surface area contributed by atoms with Gasteiger partial charge in [-0.1, -0.05) is 43.7 Å². The van der Waals surface area contributed by atoms with E-state index in [2.05, 4.69) is 4.98 Å². The molecule has 1 aromatic carbocycles. The Hall–Kier alpha value is -3.40. The molecule has 10 heteroatoms. The lowest BCUT2D eigenvalue weighted by Crippen LogP contribution is -2.49. The molecule has 1 saturated heterocycles. The maximum absolute atomic E-state index is 13.6. The number of likely N-dealkylation sites (N-methyl/N-ethyl adjacent to an activating group) is 1. The first-order chi connectivity index (χ1) is 16.2. The number of anilines is 2. The highest BCUT2D eigenvalue weighted by Crippen LogP contribution is 2.23. The number of carbonyl (C=O) groups excluding carboxylic acids is 2. The predicted molar refractivity (Wildman–Crippen MR) is 132 cm³/mol. The second kappa shape index (κ2) is 11.1. The second-order valence-electron chi connectivity index (χ2n) is 8.82. The molecular formula is C24H34N6O4. The van der Waals surface area contributed by atoms with E-state index in [4.69, 9.17) is 5.73 Å². The third-order valence-corrected chi connectivity index (χ3v) is 6.13. The summed E-state index contributed by atoms with van der Waals surface area (Å²) >= 11 is 0. The summed E-state index contributed by atoms with van der Waals surface area (Å²) in [6.45, 7) is 3.00. The molecule has 3 rings (SSSR count). The molecule has 1 fully saturated rings. The van der Waals surface area contributed by atoms with E-state index >= 15 is 0 Å². The zero-order chi connectivity index (χ0) is 24.8. The zero-order valence-corrected chi connectivity index (χ0v) is 20.1. The van der Waals surface area contributed by atoms with E-state index in [1.165, 1.54) is 14.4 Å². The highest BCUT2D eigenvalue weighted by atomic mass is 16.2. The smallest absolute Gasteiger partial charge is 0.330 e. The number of amides is 2. The minimum atomic E-state index is -0.707. The molecule has 34 heavy (non-hydrogen) atoms. The second-order valence-corrected chi connectivity index (χ2v) is 8.82. The lowest BCUT2D eigenvalue weighted by atomic mass is 10.2. The van der Waals surface area contributed by atoms with Crippen molar-refractivity contribution in [2.45, 2.75) is 51.7 Å². The largest absolute Gasteiger partial charge is 0.383 e. The zero-order valence-electron chi connectivity index (χ0n) is 20.1. The maximum Gasteiger partial charge on any atom is 0.330 e. The van der Waals surface area contributed by atoms with Gasteiger partial charge in [0.15, 0.2) is 5.69 Å². The number of hydrogen-bond acceptors (Lipinski definition) is 6. The number of carbonyl (C=O) groups is 2. The van der Waals surface area contributed by atoms with Crippen molar-refractivity contribution in [1.82, 2.24) is 19.4 Å². The summed E-state index contributed by atoms with van der Waals surface area (Å²) in [5.41, 5.74) is 5.78. The fourth-order valence-corrected chi connectivity index (χ4v) is 4.29. The number of benzene rings is 1. The van der Waals surface area contributed by atoms with Crippen LogP contribution in [0.4, 0.5) is 11.5 Å². The van der Waals surface area contributed by atoms with Gasteiger partial charge < -0.3 is 10.6 Å². The minimum Gasteiger partial charge on any atom is -0.383 e. The van der Waals surface area contributed by atoms with Crippen molar-refractivity contribution < 1.29 is 9.59 Å². The molecule has 1 aromatic heterocycles. The third-order valence-electron chi connectivity index (χ3n) is 6.13. The Morgan fingerprint density at radius 3 is 2.53 bits per heavy atom. The van der Waals surface area contributed by atoms with E-state index in [9.17, 15) is 19.2 Å². The van der Waals surface area contributed by atoms with Crippen LogP contribution < -0.4 is 21.9 Å². The molecule has 2 aromatic rings. The minimum absolute atomic E-state index is 0.0335. The molecule has 0 bridgehead atoms. The van der Waals surface area contributed by atoms with Gasteiger partial charge in [-0.25, -0.2) is 4.79 Å². The number of rotatable bonds is 9. The van der Waals surface area contributed by atoms with Crippen LogP contribution >= 0.6 is 0 Å². The summed E-state index contributed by atoms with van der Waals surface area (Å²) in [5.74, 6) is -0.445. The molecule has 184 valence electrons. The molecule has 2 amide bonds. The first-order valence-electron chi connectivity index (χ1n) is 11.7. The van der Waals surface area contributed by atoms with Gasteiger partial charge in [0.1, 0.15) is 5.82 Å². The van der Waals surface area contributed by atoms with Crippen LogP contribution in [0.25, 0.3) is 0 Å². The van der Waals surface area contributed by atoms with Crippen LogP contribution in [0.2, 0.25) is 0 Å². The number of nitrogens with zero attached hydrogens (tertiary/aromatic N) is 4.